The molecule has 0 saturated heterocycles. The van der Waals surface area contributed by atoms with Crippen LogP contribution in [0.5, 0.6) is 0 Å². The molecule has 3 aliphatic rings. The highest BCUT2D eigenvalue weighted by Gasteiger charge is 2.48. The van der Waals surface area contributed by atoms with Crippen LogP contribution in [0.25, 0.3) is 0 Å². The second-order valence-corrected chi connectivity index (χ2v) is 8.85. The van der Waals surface area contributed by atoms with E-state index in [0.717, 1.165) is 36.9 Å². The SMILES string of the molecule is CC1(C)C(=O)Nc2ccc(C(=O)N3CC4(CCCC4)c4c(F)cccc43)cc21. The number of halogens is 1. The van der Waals surface area contributed by atoms with E-state index in [1.807, 2.05) is 26.0 Å². The fraction of sp³-hybridized carbons (Fsp3) is 0.391. The van der Waals surface area contributed by atoms with E-state index >= 15 is 0 Å². The lowest BCUT2D eigenvalue weighted by Gasteiger charge is -2.25. The minimum absolute atomic E-state index is 0.0643. The standard InChI is InChI=1S/C23H23FN2O2/c1-22(2)15-12-14(8-9-17(15)25-21(22)28)20(27)26-13-23(10-3-4-11-23)19-16(24)6-5-7-18(19)26/h5-9,12H,3-4,10-11,13H2,1-2H3,(H,25,28). The molecule has 1 aliphatic carbocycles. The van der Waals surface area contributed by atoms with E-state index in [-0.39, 0.29) is 23.0 Å². The highest BCUT2D eigenvalue weighted by atomic mass is 19.1. The third-order valence-electron chi connectivity index (χ3n) is 6.84. The lowest BCUT2D eigenvalue weighted by Crippen LogP contribution is -2.35. The lowest BCUT2D eigenvalue weighted by atomic mass is 9.80. The lowest BCUT2D eigenvalue weighted by molar-refractivity contribution is -0.119. The maximum Gasteiger partial charge on any atom is 0.258 e. The Balaban J connectivity index is 1.57. The smallest absolute Gasteiger partial charge is 0.258 e. The van der Waals surface area contributed by atoms with Crippen molar-refractivity contribution in [3.05, 3.63) is 58.9 Å². The van der Waals surface area contributed by atoms with Crippen molar-refractivity contribution in [2.45, 2.75) is 50.4 Å². The Morgan fingerprint density at radius 1 is 1.14 bits per heavy atom. The van der Waals surface area contributed by atoms with E-state index in [2.05, 4.69) is 5.32 Å². The van der Waals surface area contributed by atoms with Gasteiger partial charge in [0, 0.05) is 28.8 Å². The number of anilines is 2. The molecule has 2 aromatic rings. The summed E-state index contributed by atoms with van der Waals surface area (Å²) in [4.78, 5) is 27.4. The van der Waals surface area contributed by atoms with Crippen LogP contribution in [0.4, 0.5) is 15.8 Å². The fourth-order valence-corrected chi connectivity index (χ4v) is 5.23. The van der Waals surface area contributed by atoms with E-state index in [1.165, 1.54) is 6.07 Å². The van der Waals surface area contributed by atoms with Crippen LogP contribution >= 0.6 is 0 Å². The van der Waals surface area contributed by atoms with Gasteiger partial charge in [0.1, 0.15) is 5.82 Å². The average Bonchev–Trinajstić information content (AvgIpc) is 3.33. The van der Waals surface area contributed by atoms with Crippen LogP contribution < -0.4 is 10.2 Å². The van der Waals surface area contributed by atoms with Crippen molar-refractivity contribution in [2.24, 2.45) is 0 Å². The number of nitrogens with zero attached hydrogens (tertiary/aromatic N) is 1. The molecule has 4 nitrogen and oxygen atoms in total. The molecule has 2 aliphatic heterocycles. The first kappa shape index (κ1) is 17.4. The minimum Gasteiger partial charge on any atom is -0.325 e. The Morgan fingerprint density at radius 3 is 2.64 bits per heavy atom. The molecule has 1 fully saturated rings. The second-order valence-electron chi connectivity index (χ2n) is 8.85. The molecule has 1 spiro atoms. The average molecular weight is 378 g/mol. The number of carbonyl (C=O) groups excluding carboxylic acids is 2. The highest BCUT2D eigenvalue weighted by Crippen LogP contribution is 2.51. The molecule has 5 rings (SSSR count). The summed E-state index contributed by atoms with van der Waals surface area (Å²) in [6, 6.07) is 10.4. The van der Waals surface area contributed by atoms with Crippen LogP contribution in [0.3, 0.4) is 0 Å². The molecular weight excluding hydrogens is 355 g/mol. The monoisotopic (exact) mass is 378 g/mol. The molecular formula is C23H23FN2O2. The van der Waals surface area contributed by atoms with Crippen LogP contribution in [-0.4, -0.2) is 18.4 Å². The van der Waals surface area contributed by atoms with Crippen molar-refractivity contribution in [3.63, 3.8) is 0 Å². The van der Waals surface area contributed by atoms with Crippen LogP contribution in [0.2, 0.25) is 0 Å². The second kappa shape index (κ2) is 5.66. The van der Waals surface area contributed by atoms with Crippen LogP contribution in [0.15, 0.2) is 36.4 Å². The summed E-state index contributed by atoms with van der Waals surface area (Å²) in [7, 11) is 0. The molecule has 1 N–H and O–H groups in total. The van der Waals surface area contributed by atoms with Crippen molar-refractivity contribution >= 4 is 23.2 Å². The van der Waals surface area contributed by atoms with Gasteiger partial charge in [0.25, 0.3) is 5.91 Å². The van der Waals surface area contributed by atoms with Gasteiger partial charge in [-0.25, -0.2) is 4.39 Å². The Morgan fingerprint density at radius 2 is 1.89 bits per heavy atom. The first-order chi connectivity index (χ1) is 13.3. The zero-order valence-corrected chi connectivity index (χ0v) is 16.1. The molecule has 0 unspecified atom stereocenters. The maximum atomic E-state index is 14.8. The van der Waals surface area contributed by atoms with Crippen molar-refractivity contribution in [1.82, 2.24) is 0 Å². The highest BCUT2D eigenvalue weighted by molar-refractivity contribution is 6.10. The minimum atomic E-state index is -0.673. The van der Waals surface area contributed by atoms with Crippen LogP contribution in [0, 0.1) is 5.82 Å². The van der Waals surface area contributed by atoms with E-state index in [9.17, 15) is 14.0 Å². The van der Waals surface area contributed by atoms with Gasteiger partial charge in [-0.1, -0.05) is 18.9 Å². The molecule has 1 saturated carbocycles. The molecule has 2 heterocycles. The Labute approximate surface area is 163 Å². The number of carbonyl (C=O) groups is 2. The Hall–Kier alpha value is -2.69. The van der Waals surface area contributed by atoms with Gasteiger partial charge in [0.2, 0.25) is 5.91 Å². The largest absolute Gasteiger partial charge is 0.325 e. The number of hydrogen-bond acceptors (Lipinski definition) is 2. The van der Waals surface area contributed by atoms with Crippen LogP contribution in [0.1, 0.15) is 61.0 Å². The van der Waals surface area contributed by atoms with E-state index in [1.54, 1.807) is 23.1 Å². The Bertz CT molecular complexity index is 1020. The van der Waals surface area contributed by atoms with Gasteiger partial charge in [0.05, 0.1) is 11.1 Å². The van der Waals surface area contributed by atoms with Gasteiger partial charge in [-0.3, -0.25) is 9.59 Å². The third kappa shape index (κ3) is 2.22. The number of amides is 2. The molecule has 0 radical (unpaired) electrons. The number of rotatable bonds is 1. The summed E-state index contributed by atoms with van der Waals surface area (Å²) in [5, 5.41) is 2.87. The van der Waals surface area contributed by atoms with Crippen molar-refractivity contribution in [3.8, 4) is 0 Å². The summed E-state index contributed by atoms with van der Waals surface area (Å²) < 4.78 is 14.8. The zero-order chi connectivity index (χ0) is 19.7. The van der Waals surface area contributed by atoms with Gasteiger partial charge in [-0.05, 0) is 62.6 Å². The first-order valence-corrected chi connectivity index (χ1v) is 9.90. The van der Waals surface area contributed by atoms with E-state index in [4.69, 9.17) is 0 Å². The normalized spacial score (nSPS) is 21.0. The van der Waals surface area contributed by atoms with E-state index in [0.29, 0.717) is 23.4 Å². The molecule has 2 aromatic carbocycles. The summed E-state index contributed by atoms with van der Waals surface area (Å²) >= 11 is 0. The molecule has 28 heavy (non-hydrogen) atoms. The quantitative estimate of drug-likeness (QED) is 0.793. The molecule has 0 bridgehead atoms. The summed E-state index contributed by atoms with van der Waals surface area (Å²) in [6.07, 6.45) is 3.97. The predicted molar refractivity (Wildman–Crippen MR) is 106 cm³/mol. The topological polar surface area (TPSA) is 49.4 Å². The molecule has 2 amide bonds. The summed E-state index contributed by atoms with van der Waals surface area (Å²) in [6.45, 7) is 4.24. The maximum absolute atomic E-state index is 14.8. The third-order valence-corrected chi connectivity index (χ3v) is 6.84. The van der Waals surface area contributed by atoms with Gasteiger partial charge in [-0.2, -0.15) is 0 Å². The first-order valence-electron chi connectivity index (χ1n) is 9.90. The van der Waals surface area contributed by atoms with Crippen molar-refractivity contribution in [2.75, 3.05) is 16.8 Å². The summed E-state index contributed by atoms with van der Waals surface area (Å²) in [5.74, 6) is -0.404. The Kier molecular flexibility index (Phi) is 3.52. The number of nitrogens with one attached hydrogen (secondary N) is 1. The van der Waals surface area contributed by atoms with Gasteiger partial charge in [0.15, 0.2) is 0 Å². The zero-order valence-electron chi connectivity index (χ0n) is 16.1. The number of fused-ring (bicyclic) bond motifs is 3. The van der Waals surface area contributed by atoms with E-state index < -0.39 is 5.41 Å². The molecule has 144 valence electrons. The molecule has 0 aromatic heterocycles. The fourth-order valence-electron chi connectivity index (χ4n) is 5.23. The van der Waals surface area contributed by atoms with Gasteiger partial charge >= 0.3 is 0 Å². The summed E-state index contributed by atoms with van der Waals surface area (Å²) in [5.41, 5.74) is 2.59. The predicted octanol–water partition coefficient (Wildman–Crippen LogP) is 4.53. The van der Waals surface area contributed by atoms with Crippen LogP contribution in [-0.2, 0) is 15.6 Å². The molecule has 5 heteroatoms. The number of benzene rings is 2. The molecule has 0 atom stereocenters. The number of hydrogen-bond donors (Lipinski definition) is 1. The van der Waals surface area contributed by atoms with Gasteiger partial charge in [-0.15, -0.1) is 0 Å². The van der Waals surface area contributed by atoms with Crippen molar-refractivity contribution < 1.29 is 14.0 Å². The van der Waals surface area contributed by atoms with Crippen molar-refractivity contribution in [1.29, 1.82) is 0 Å². The van der Waals surface area contributed by atoms with Gasteiger partial charge < -0.3 is 10.2 Å².